The van der Waals surface area contributed by atoms with E-state index in [-0.39, 0.29) is 41.8 Å². The standard InChI is InChI=1S/C16H16Te2/c1-3-9-15(10-4-1)17-13-7-8-14-18-16-11-5-2-6-12-16/h1-12H,13-14H2. The summed E-state index contributed by atoms with van der Waals surface area (Å²) in [4.78, 5) is 0. The predicted octanol–water partition coefficient (Wildman–Crippen LogP) is 2.44. The van der Waals surface area contributed by atoms with E-state index in [2.05, 4.69) is 72.8 Å². The van der Waals surface area contributed by atoms with Gasteiger partial charge in [-0.25, -0.2) is 0 Å². The zero-order valence-electron chi connectivity index (χ0n) is 10.2. The van der Waals surface area contributed by atoms with Crippen molar-refractivity contribution < 1.29 is 0 Å². The van der Waals surface area contributed by atoms with Gasteiger partial charge < -0.3 is 0 Å². The van der Waals surface area contributed by atoms with Crippen LogP contribution in [0.3, 0.4) is 0 Å². The Labute approximate surface area is 130 Å². The van der Waals surface area contributed by atoms with Crippen molar-refractivity contribution in [3.8, 4) is 0 Å². The van der Waals surface area contributed by atoms with E-state index in [9.17, 15) is 0 Å². The summed E-state index contributed by atoms with van der Waals surface area (Å²) in [5, 5.41) is 0. The molecule has 0 aliphatic carbocycles. The second-order valence-corrected chi connectivity index (χ2v) is 9.96. The third-order valence-corrected chi connectivity index (χ3v) is 7.85. The zero-order chi connectivity index (χ0) is 12.5. The minimum atomic E-state index is 0.00421. The monoisotopic (exact) mass is 468 g/mol. The summed E-state index contributed by atoms with van der Waals surface area (Å²) in [7, 11) is 0. The molecule has 0 spiro atoms. The van der Waals surface area contributed by atoms with Gasteiger partial charge in [0.25, 0.3) is 0 Å². The quantitative estimate of drug-likeness (QED) is 0.456. The first-order valence-corrected chi connectivity index (χ1v) is 11.6. The van der Waals surface area contributed by atoms with Crippen LogP contribution in [-0.4, -0.2) is 41.8 Å². The Hall–Kier alpha value is -0.241. The molecule has 92 valence electrons. The molecule has 0 N–H and O–H groups in total. The molecule has 0 aliphatic heterocycles. The first-order valence-electron chi connectivity index (χ1n) is 5.96. The molecule has 0 nitrogen and oxygen atoms in total. The molecule has 0 heterocycles. The van der Waals surface area contributed by atoms with Gasteiger partial charge in [-0.3, -0.25) is 0 Å². The van der Waals surface area contributed by atoms with Crippen molar-refractivity contribution in [2.45, 2.75) is 8.94 Å². The van der Waals surface area contributed by atoms with Crippen molar-refractivity contribution in [3.05, 3.63) is 72.8 Å². The topological polar surface area (TPSA) is 0 Å². The van der Waals surface area contributed by atoms with Crippen molar-refractivity contribution in [3.63, 3.8) is 0 Å². The molecular formula is C16H16Te2. The Bertz CT molecular complexity index is 417. The fourth-order valence-electron chi connectivity index (χ4n) is 1.46. The van der Waals surface area contributed by atoms with E-state index in [0.717, 1.165) is 0 Å². The molecule has 0 amide bonds. The Morgan fingerprint density at radius 1 is 0.611 bits per heavy atom. The molecule has 0 aromatic heterocycles. The van der Waals surface area contributed by atoms with Gasteiger partial charge in [-0.1, -0.05) is 0 Å². The van der Waals surface area contributed by atoms with Crippen molar-refractivity contribution in [2.75, 3.05) is 0 Å². The average Bonchev–Trinajstić information content (AvgIpc) is 2.45. The van der Waals surface area contributed by atoms with Gasteiger partial charge in [-0.2, -0.15) is 0 Å². The molecule has 0 saturated carbocycles. The average molecular weight is 464 g/mol. The van der Waals surface area contributed by atoms with Gasteiger partial charge in [-0.05, 0) is 0 Å². The number of rotatable bonds is 6. The molecule has 0 bridgehead atoms. The van der Waals surface area contributed by atoms with E-state index < -0.39 is 0 Å². The van der Waals surface area contributed by atoms with E-state index in [1.807, 2.05) is 0 Å². The molecule has 0 aliphatic rings. The van der Waals surface area contributed by atoms with Crippen LogP contribution in [0.25, 0.3) is 0 Å². The fourth-order valence-corrected chi connectivity index (χ4v) is 5.88. The van der Waals surface area contributed by atoms with E-state index in [1.165, 1.54) is 8.94 Å². The molecule has 2 aromatic carbocycles. The van der Waals surface area contributed by atoms with Gasteiger partial charge in [0.05, 0.1) is 0 Å². The van der Waals surface area contributed by atoms with Crippen LogP contribution in [0.5, 0.6) is 0 Å². The molecule has 2 rings (SSSR count). The number of hydrogen-bond acceptors (Lipinski definition) is 0. The van der Waals surface area contributed by atoms with Gasteiger partial charge >= 0.3 is 131 Å². The summed E-state index contributed by atoms with van der Waals surface area (Å²) in [5.41, 5.74) is 0. The van der Waals surface area contributed by atoms with Crippen LogP contribution >= 0.6 is 0 Å². The van der Waals surface area contributed by atoms with Crippen LogP contribution in [0.2, 0.25) is 8.94 Å². The maximum absolute atomic E-state index is 2.39. The third kappa shape index (κ3) is 5.60. The zero-order valence-corrected chi connectivity index (χ0v) is 14.8. The van der Waals surface area contributed by atoms with Crippen LogP contribution in [0, 0.1) is 0 Å². The van der Waals surface area contributed by atoms with Gasteiger partial charge in [0.2, 0.25) is 0 Å². The third-order valence-electron chi connectivity index (χ3n) is 2.35. The first kappa shape index (κ1) is 14.2. The van der Waals surface area contributed by atoms with Crippen LogP contribution in [0.4, 0.5) is 0 Å². The predicted molar refractivity (Wildman–Crippen MR) is 82.4 cm³/mol. The molecule has 0 atom stereocenters. The van der Waals surface area contributed by atoms with Gasteiger partial charge in [0.1, 0.15) is 0 Å². The molecule has 0 unspecified atom stereocenters. The molecule has 0 saturated heterocycles. The number of allylic oxidation sites excluding steroid dienone is 2. The molecule has 2 aromatic rings. The minimum absolute atomic E-state index is 0.00421. The van der Waals surface area contributed by atoms with Gasteiger partial charge in [-0.15, -0.1) is 0 Å². The Morgan fingerprint density at radius 2 is 1.00 bits per heavy atom. The molecule has 18 heavy (non-hydrogen) atoms. The van der Waals surface area contributed by atoms with Gasteiger partial charge in [0, 0.05) is 0 Å². The summed E-state index contributed by atoms with van der Waals surface area (Å²) in [5.74, 6) is 0. The van der Waals surface area contributed by atoms with Crippen LogP contribution in [-0.2, 0) is 0 Å². The summed E-state index contributed by atoms with van der Waals surface area (Å²) < 4.78 is 5.70. The van der Waals surface area contributed by atoms with Crippen molar-refractivity contribution >= 4 is 49.1 Å². The Balaban J connectivity index is 1.64. The molecular weight excluding hydrogens is 447 g/mol. The second-order valence-electron chi connectivity index (χ2n) is 3.72. The molecule has 0 fully saturated rings. The summed E-state index contributed by atoms with van der Waals surface area (Å²) in [6.45, 7) is 0. The first-order chi connectivity index (χ1) is 8.95. The summed E-state index contributed by atoms with van der Waals surface area (Å²) in [6, 6.07) is 21.8. The molecule has 2 heteroatoms. The van der Waals surface area contributed by atoms with Gasteiger partial charge in [0.15, 0.2) is 0 Å². The number of hydrogen-bond donors (Lipinski definition) is 0. The molecule has 0 radical (unpaired) electrons. The Kier molecular flexibility index (Phi) is 6.92. The fraction of sp³-hybridized carbons (Fsp3) is 0.125. The Morgan fingerprint density at radius 3 is 1.39 bits per heavy atom. The van der Waals surface area contributed by atoms with Crippen molar-refractivity contribution in [2.24, 2.45) is 0 Å². The van der Waals surface area contributed by atoms with Crippen molar-refractivity contribution in [1.29, 1.82) is 0 Å². The summed E-state index contributed by atoms with van der Waals surface area (Å²) in [6.07, 6.45) is 4.78. The van der Waals surface area contributed by atoms with Crippen LogP contribution in [0.1, 0.15) is 0 Å². The maximum atomic E-state index is 2.39. The van der Waals surface area contributed by atoms with Crippen molar-refractivity contribution in [1.82, 2.24) is 0 Å². The van der Waals surface area contributed by atoms with E-state index in [1.54, 1.807) is 7.22 Å². The van der Waals surface area contributed by atoms with E-state index >= 15 is 0 Å². The van der Waals surface area contributed by atoms with Crippen LogP contribution < -0.4 is 7.22 Å². The number of benzene rings is 2. The SMILES string of the molecule is C(=CC[Te]c1ccccc1)C[Te]c1ccccc1. The van der Waals surface area contributed by atoms with E-state index in [0.29, 0.717) is 0 Å². The van der Waals surface area contributed by atoms with E-state index in [4.69, 9.17) is 0 Å². The van der Waals surface area contributed by atoms with Crippen LogP contribution in [0.15, 0.2) is 72.8 Å². The second kappa shape index (κ2) is 8.79. The summed E-state index contributed by atoms with van der Waals surface area (Å²) >= 11 is 0.00842. The normalized spacial score (nSPS) is 10.9.